The SMILES string of the molecule is COc1ccc(N=Nc2c(O)c(C(=O)Nc3ccc4[nH]c(=O)[nH]c4c3)cc3ccccc23)c([N+](=O)[O-])c1. The number of anilines is 1. The number of aromatic amines is 2. The smallest absolute Gasteiger partial charge is 0.323 e. The molecule has 0 atom stereocenters. The Hall–Kier alpha value is -5.52. The maximum absolute atomic E-state index is 13.1. The predicted molar refractivity (Wildman–Crippen MR) is 136 cm³/mol. The molecule has 0 aliphatic carbocycles. The number of nitrogens with one attached hydrogen (secondary N) is 3. The van der Waals surface area contributed by atoms with Crippen molar-refractivity contribution in [1.29, 1.82) is 0 Å². The Morgan fingerprint density at radius 2 is 1.81 bits per heavy atom. The zero-order chi connectivity index (χ0) is 26.1. The second-order valence-electron chi connectivity index (χ2n) is 7.95. The fraction of sp³-hybridized carbons (Fsp3) is 0.0400. The maximum atomic E-state index is 13.1. The van der Waals surface area contributed by atoms with Crippen LogP contribution in [0.1, 0.15) is 10.4 Å². The number of aromatic hydroxyl groups is 1. The number of H-pyrrole nitrogens is 2. The van der Waals surface area contributed by atoms with Crippen LogP contribution in [0.25, 0.3) is 21.8 Å². The van der Waals surface area contributed by atoms with Crippen molar-refractivity contribution < 1.29 is 19.6 Å². The Kier molecular flexibility index (Phi) is 5.82. The first kappa shape index (κ1) is 23.2. The number of nitro benzene ring substituents is 1. The molecule has 0 saturated carbocycles. The Morgan fingerprint density at radius 1 is 1.03 bits per heavy atom. The zero-order valence-electron chi connectivity index (χ0n) is 19.2. The number of azo groups is 1. The van der Waals surface area contributed by atoms with Crippen molar-refractivity contribution in [1.82, 2.24) is 9.97 Å². The van der Waals surface area contributed by atoms with E-state index in [9.17, 15) is 24.8 Å². The van der Waals surface area contributed by atoms with Crippen molar-refractivity contribution in [2.75, 3.05) is 12.4 Å². The number of nitrogens with zero attached hydrogens (tertiary/aromatic N) is 3. The number of carbonyl (C=O) groups excluding carboxylic acids is 1. The zero-order valence-corrected chi connectivity index (χ0v) is 19.2. The largest absolute Gasteiger partial charge is 0.505 e. The lowest BCUT2D eigenvalue weighted by molar-refractivity contribution is -0.384. The highest BCUT2D eigenvalue weighted by molar-refractivity contribution is 6.12. The molecule has 5 rings (SSSR count). The lowest BCUT2D eigenvalue weighted by Gasteiger charge is -2.11. The van der Waals surface area contributed by atoms with Gasteiger partial charge in [0.2, 0.25) is 0 Å². The molecule has 1 amide bonds. The molecule has 4 aromatic carbocycles. The Labute approximate surface area is 207 Å². The number of fused-ring (bicyclic) bond motifs is 2. The van der Waals surface area contributed by atoms with E-state index in [0.717, 1.165) is 0 Å². The highest BCUT2D eigenvalue weighted by Gasteiger charge is 2.20. The molecule has 0 spiro atoms. The lowest BCUT2D eigenvalue weighted by Crippen LogP contribution is -2.12. The third kappa shape index (κ3) is 4.46. The van der Waals surface area contributed by atoms with E-state index in [4.69, 9.17) is 4.74 Å². The number of ether oxygens (including phenoxy) is 1. The van der Waals surface area contributed by atoms with E-state index in [1.54, 1.807) is 42.5 Å². The minimum absolute atomic E-state index is 0.0289. The van der Waals surface area contributed by atoms with Crippen LogP contribution in [-0.2, 0) is 0 Å². The number of benzene rings is 4. The molecule has 0 fully saturated rings. The molecule has 0 radical (unpaired) electrons. The van der Waals surface area contributed by atoms with Gasteiger partial charge in [0.25, 0.3) is 11.6 Å². The van der Waals surface area contributed by atoms with Gasteiger partial charge in [0, 0.05) is 11.1 Å². The van der Waals surface area contributed by atoms with Crippen LogP contribution in [0.15, 0.2) is 81.8 Å². The average Bonchev–Trinajstić information content (AvgIpc) is 3.26. The summed E-state index contributed by atoms with van der Waals surface area (Å²) in [5, 5.41) is 34.4. The summed E-state index contributed by atoms with van der Waals surface area (Å²) in [7, 11) is 1.39. The summed E-state index contributed by atoms with van der Waals surface area (Å²) >= 11 is 0. The summed E-state index contributed by atoms with van der Waals surface area (Å²) in [6.45, 7) is 0. The molecular weight excluding hydrogens is 480 g/mol. The Bertz CT molecular complexity index is 1790. The summed E-state index contributed by atoms with van der Waals surface area (Å²) in [4.78, 5) is 40.8. The van der Waals surface area contributed by atoms with Gasteiger partial charge in [-0.15, -0.1) is 10.2 Å². The number of nitro groups is 1. The first-order chi connectivity index (χ1) is 17.8. The number of phenols is 1. The van der Waals surface area contributed by atoms with Crippen LogP contribution in [0, 0.1) is 10.1 Å². The van der Waals surface area contributed by atoms with Crippen LogP contribution in [0.4, 0.5) is 22.7 Å². The van der Waals surface area contributed by atoms with Crippen LogP contribution in [0.2, 0.25) is 0 Å². The van der Waals surface area contributed by atoms with Crippen LogP contribution in [0.5, 0.6) is 11.5 Å². The fourth-order valence-corrected chi connectivity index (χ4v) is 3.87. The first-order valence-corrected chi connectivity index (χ1v) is 10.9. The number of rotatable bonds is 6. The molecule has 37 heavy (non-hydrogen) atoms. The van der Waals surface area contributed by atoms with Crippen molar-refractivity contribution in [3.05, 3.63) is 92.9 Å². The van der Waals surface area contributed by atoms with E-state index >= 15 is 0 Å². The number of aromatic nitrogens is 2. The summed E-state index contributed by atoms with van der Waals surface area (Å²) in [5.41, 5.74) is 0.582. The molecule has 4 N–H and O–H groups in total. The minimum Gasteiger partial charge on any atom is -0.505 e. The molecular formula is C25H18N6O6. The molecule has 0 saturated heterocycles. The Morgan fingerprint density at radius 3 is 2.59 bits per heavy atom. The summed E-state index contributed by atoms with van der Waals surface area (Å²) < 4.78 is 5.03. The molecule has 0 bridgehead atoms. The average molecular weight is 498 g/mol. The van der Waals surface area contributed by atoms with Gasteiger partial charge in [-0.25, -0.2) is 4.79 Å². The van der Waals surface area contributed by atoms with Gasteiger partial charge in [0.15, 0.2) is 11.4 Å². The van der Waals surface area contributed by atoms with Gasteiger partial charge in [0.1, 0.15) is 11.4 Å². The van der Waals surface area contributed by atoms with Crippen molar-refractivity contribution in [2.24, 2.45) is 10.2 Å². The molecule has 12 heteroatoms. The van der Waals surface area contributed by atoms with Crippen molar-refractivity contribution in [3.8, 4) is 11.5 Å². The highest BCUT2D eigenvalue weighted by Crippen LogP contribution is 2.41. The van der Waals surface area contributed by atoms with Gasteiger partial charge in [-0.05, 0) is 41.8 Å². The number of carbonyl (C=O) groups is 1. The van der Waals surface area contributed by atoms with Crippen LogP contribution < -0.4 is 15.7 Å². The molecule has 1 heterocycles. The number of hydrogen-bond donors (Lipinski definition) is 4. The van der Waals surface area contributed by atoms with Crippen LogP contribution in [-0.4, -0.2) is 33.0 Å². The number of hydrogen-bond acceptors (Lipinski definition) is 8. The van der Waals surface area contributed by atoms with Crippen molar-refractivity contribution >= 4 is 50.5 Å². The molecule has 0 aliphatic heterocycles. The van der Waals surface area contributed by atoms with Crippen molar-refractivity contribution in [2.45, 2.75) is 0 Å². The van der Waals surface area contributed by atoms with E-state index in [2.05, 4.69) is 25.5 Å². The fourth-order valence-electron chi connectivity index (χ4n) is 3.87. The monoisotopic (exact) mass is 498 g/mol. The minimum atomic E-state index is -0.632. The van der Waals surface area contributed by atoms with Crippen LogP contribution >= 0.6 is 0 Å². The van der Waals surface area contributed by atoms with E-state index in [1.165, 1.54) is 31.4 Å². The summed E-state index contributed by atoms with van der Waals surface area (Å²) in [5.74, 6) is -0.806. The third-order valence-electron chi connectivity index (χ3n) is 5.65. The van der Waals surface area contributed by atoms with E-state index in [0.29, 0.717) is 27.5 Å². The maximum Gasteiger partial charge on any atom is 0.323 e. The lowest BCUT2D eigenvalue weighted by atomic mass is 10.0. The first-order valence-electron chi connectivity index (χ1n) is 10.9. The second-order valence-corrected chi connectivity index (χ2v) is 7.95. The normalized spacial score (nSPS) is 11.3. The van der Waals surface area contributed by atoms with E-state index in [-0.39, 0.29) is 34.1 Å². The number of imidazole rings is 1. The molecule has 12 nitrogen and oxygen atoms in total. The van der Waals surface area contributed by atoms with Gasteiger partial charge < -0.3 is 25.1 Å². The molecule has 1 aromatic heterocycles. The summed E-state index contributed by atoms with van der Waals surface area (Å²) in [6.07, 6.45) is 0. The van der Waals surface area contributed by atoms with E-state index in [1.807, 2.05) is 0 Å². The second kappa shape index (κ2) is 9.26. The molecule has 5 aromatic rings. The van der Waals surface area contributed by atoms with Gasteiger partial charge in [-0.2, -0.15) is 0 Å². The topological polar surface area (TPSA) is 175 Å². The molecule has 0 unspecified atom stereocenters. The molecule has 184 valence electrons. The Balaban J connectivity index is 1.56. The standard InChI is InChI=1S/C25H18N6O6/c1-37-15-7-9-19(21(12-15)31(35)36)29-30-22-16-5-3-2-4-13(16)10-17(23(22)32)24(33)26-14-6-8-18-20(11-14)28-25(34)27-18/h2-12,32H,1H3,(H,26,33)(H2,27,28,34). The number of phenolic OH excluding ortho intramolecular Hbond substituents is 1. The predicted octanol–water partition coefficient (Wildman–Crippen LogP) is 5.30. The van der Waals surface area contributed by atoms with Crippen LogP contribution in [0.3, 0.4) is 0 Å². The third-order valence-corrected chi connectivity index (χ3v) is 5.65. The van der Waals surface area contributed by atoms with Gasteiger partial charge in [-0.3, -0.25) is 14.9 Å². The van der Waals surface area contributed by atoms with Gasteiger partial charge in [0.05, 0.1) is 34.7 Å². The van der Waals surface area contributed by atoms with E-state index < -0.39 is 16.6 Å². The quantitative estimate of drug-likeness (QED) is 0.140. The van der Waals surface area contributed by atoms with Gasteiger partial charge >= 0.3 is 5.69 Å². The summed E-state index contributed by atoms with van der Waals surface area (Å²) in [6, 6.07) is 17.3. The number of methoxy groups -OCH3 is 1. The highest BCUT2D eigenvalue weighted by atomic mass is 16.6. The number of amides is 1. The van der Waals surface area contributed by atoms with Gasteiger partial charge in [-0.1, -0.05) is 24.3 Å². The molecule has 0 aliphatic rings. The van der Waals surface area contributed by atoms with Crippen molar-refractivity contribution in [3.63, 3.8) is 0 Å².